The molecular weight excluding hydrogens is 525 g/mol. The van der Waals surface area contributed by atoms with Crippen molar-refractivity contribution in [3.05, 3.63) is 75.5 Å². The average Bonchev–Trinajstić information content (AvgIpc) is 3.06. The van der Waals surface area contributed by atoms with Gasteiger partial charge in [0.2, 0.25) is 15.6 Å². The van der Waals surface area contributed by atoms with Gasteiger partial charge in [-0.1, -0.05) is 41.9 Å². The Morgan fingerprint density at radius 3 is 2.48 bits per heavy atom. The SMILES string of the molecule is COc1ccc(N2c3c(c(I)cn3S(=O)(=O)Cc3ccccc3)C=NC2Cl)cc1. The summed E-state index contributed by atoms with van der Waals surface area (Å²) in [6.45, 7) is 0. The third kappa shape index (κ3) is 3.88. The van der Waals surface area contributed by atoms with Crippen molar-refractivity contribution >= 4 is 61.9 Å². The molecule has 0 spiro atoms. The molecule has 3 aromatic rings. The van der Waals surface area contributed by atoms with Crippen LogP contribution in [0.4, 0.5) is 11.5 Å². The maximum absolute atomic E-state index is 13.3. The lowest BCUT2D eigenvalue weighted by molar-refractivity contribution is 0.415. The van der Waals surface area contributed by atoms with Gasteiger partial charge >= 0.3 is 0 Å². The largest absolute Gasteiger partial charge is 0.497 e. The molecule has 1 atom stereocenters. The summed E-state index contributed by atoms with van der Waals surface area (Å²) < 4.78 is 33.9. The van der Waals surface area contributed by atoms with Crippen LogP contribution in [0.5, 0.6) is 5.75 Å². The monoisotopic (exact) mass is 541 g/mol. The second kappa shape index (κ2) is 8.00. The Kier molecular flexibility index (Phi) is 5.58. The number of aromatic nitrogens is 1. The molecule has 29 heavy (non-hydrogen) atoms. The minimum Gasteiger partial charge on any atom is -0.497 e. The summed E-state index contributed by atoms with van der Waals surface area (Å²) in [6, 6.07) is 16.4. The smallest absolute Gasteiger partial charge is 0.244 e. The van der Waals surface area contributed by atoms with Gasteiger partial charge in [0.15, 0.2) is 0 Å². The van der Waals surface area contributed by atoms with Crippen LogP contribution in [0.25, 0.3) is 0 Å². The maximum atomic E-state index is 13.3. The van der Waals surface area contributed by atoms with Crippen LogP contribution < -0.4 is 9.64 Å². The first kappa shape index (κ1) is 20.2. The second-order valence-electron chi connectivity index (χ2n) is 6.41. The molecule has 1 aliphatic rings. The van der Waals surface area contributed by atoms with Gasteiger partial charge in [-0.15, -0.1) is 0 Å². The third-order valence-corrected chi connectivity index (χ3v) is 7.29. The highest BCUT2D eigenvalue weighted by atomic mass is 127. The molecule has 2 heterocycles. The van der Waals surface area contributed by atoms with E-state index in [4.69, 9.17) is 16.3 Å². The van der Waals surface area contributed by atoms with E-state index in [1.165, 1.54) is 3.97 Å². The molecule has 0 amide bonds. The van der Waals surface area contributed by atoms with Gasteiger partial charge in [0, 0.05) is 27.2 Å². The standard InChI is InChI=1S/C20H17ClIN3O3S/c1-28-16-9-7-15(8-10-16)25-19-17(11-23-20(25)21)18(22)12-24(19)29(26,27)13-14-5-3-2-4-6-14/h2-12,20H,13H2,1H3. The normalized spacial score (nSPS) is 16.0. The predicted octanol–water partition coefficient (Wildman–Crippen LogP) is 4.57. The Labute approximate surface area is 188 Å². The summed E-state index contributed by atoms with van der Waals surface area (Å²) in [5, 5.41) is 0. The van der Waals surface area contributed by atoms with Gasteiger partial charge in [-0.2, -0.15) is 0 Å². The molecule has 0 saturated heterocycles. The highest BCUT2D eigenvalue weighted by Gasteiger charge is 2.32. The van der Waals surface area contributed by atoms with Crippen LogP contribution in [0.3, 0.4) is 0 Å². The second-order valence-corrected chi connectivity index (χ2v) is 9.81. The van der Waals surface area contributed by atoms with Gasteiger partial charge in [0.05, 0.1) is 12.9 Å². The lowest BCUT2D eigenvalue weighted by Crippen LogP contribution is -2.32. The first-order chi connectivity index (χ1) is 13.9. The number of benzene rings is 2. The van der Waals surface area contributed by atoms with E-state index < -0.39 is 15.6 Å². The van der Waals surface area contributed by atoms with Crippen molar-refractivity contribution in [2.75, 3.05) is 12.0 Å². The third-order valence-electron chi connectivity index (χ3n) is 4.55. The van der Waals surface area contributed by atoms with Crippen LogP contribution in [0.1, 0.15) is 11.1 Å². The molecule has 9 heteroatoms. The molecule has 0 saturated carbocycles. The van der Waals surface area contributed by atoms with Crippen molar-refractivity contribution in [1.82, 2.24) is 3.97 Å². The highest BCUT2D eigenvalue weighted by Crippen LogP contribution is 2.39. The van der Waals surface area contributed by atoms with E-state index in [1.54, 1.807) is 48.7 Å². The number of methoxy groups -OCH3 is 1. The van der Waals surface area contributed by atoms with E-state index in [2.05, 4.69) is 27.6 Å². The van der Waals surface area contributed by atoms with Crippen LogP contribution >= 0.6 is 34.2 Å². The van der Waals surface area contributed by atoms with Crippen LogP contribution in [0, 0.1) is 3.57 Å². The molecule has 150 valence electrons. The topological polar surface area (TPSA) is 63.9 Å². The number of alkyl halides is 1. The number of anilines is 2. The molecule has 0 bridgehead atoms. The molecule has 4 rings (SSSR count). The number of ether oxygens (including phenoxy) is 1. The summed E-state index contributed by atoms with van der Waals surface area (Å²) in [4.78, 5) is 6.04. The fourth-order valence-corrected chi connectivity index (χ4v) is 5.75. The van der Waals surface area contributed by atoms with E-state index in [-0.39, 0.29) is 5.75 Å². The van der Waals surface area contributed by atoms with Crippen LogP contribution in [-0.2, 0) is 15.8 Å². The number of hydrogen-bond donors (Lipinski definition) is 0. The maximum Gasteiger partial charge on any atom is 0.244 e. The molecule has 0 fully saturated rings. The van der Waals surface area contributed by atoms with Crippen molar-refractivity contribution in [2.45, 2.75) is 11.4 Å². The Balaban J connectivity index is 1.83. The number of nitrogens with zero attached hydrogens (tertiary/aromatic N) is 3. The van der Waals surface area contributed by atoms with Gasteiger partial charge in [-0.3, -0.25) is 9.89 Å². The van der Waals surface area contributed by atoms with Crippen molar-refractivity contribution in [3.63, 3.8) is 0 Å². The summed E-state index contributed by atoms with van der Waals surface area (Å²) in [7, 11) is -2.10. The molecule has 0 radical (unpaired) electrons. The summed E-state index contributed by atoms with van der Waals surface area (Å²) in [5.41, 5.74) is 1.38. The highest BCUT2D eigenvalue weighted by molar-refractivity contribution is 14.1. The minimum absolute atomic E-state index is 0.119. The minimum atomic E-state index is -3.69. The van der Waals surface area contributed by atoms with Gasteiger partial charge in [0.1, 0.15) is 11.6 Å². The number of halogens is 2. The number of hydrogen-bond acceptors (Lipinski definition) is 5. The average molecular weight is 542 g/mol. The molecule has 6 nitrogen and oxygen atoms in total. The summed E-state index contributed by atoms with van der Waals surface area (Å²) in [6.07, 6.45) is 3.24. The van der Waals surface area contributed by atoms with Crippen molar-refractivity contribution in [3.8, 4) is 5.75 Å². The van der Waals surface area contributed by atoms with Crippen LogP contribution in [-0.4, -0.2) is 31.3 Å². The van der Waals surface area contributed by atoms with Gasteiger partial charge in [-0.25, -0.2) is 12.4 Å². The molecule has 2 aromatic carbocycles. The zero-order valence-electron chi connectivity index (χ0n) is 15.4. The Morgan fingerprint density at radius 2 is 1.83 bits per heavy atom. The van der Waals surface area contributed by atoms with Crippen molar-refractivity contribution in [1.29, 1.82) is 0 Å². The van der Waals surface area contributed by atoms with E-state index in [9.17, 15) is 8.42 Å². The van der Waals surface area contributed by atoms with E-state index in [0.29, 0.717) is 17.1 Å². The number of aliphatic imine (C=N–C) groups is 1. The summed E-state index contributed by atoms with van der Waals surface area (Å²) in [5.74, 6) is 1.05. The Morgan fingerprint density at radius 1 is 1.14 bits per heavy atom. The van der Waals surface area contributed by atoms with Crippen LogP contribution in [0.15, 0.2) is 65.8 Å². The quantitative estimate of drug-likeness (QED) is 0.270. The zero-order valence-corrected chi connectivity index (χ0v) is 19.1. The first-order valence-electron chi connectivity index (χ1n) is 8.69. The van der Waals surface area contributed by atoms with Crippen molar-refractivity contribution in [2.24, 2.45) is 4.99 Å². The molecule has 1 unspecified atom stereocenters. The van der Waals surface area contributed by atoms with Gasteiger partial charge in [-0.05, 0) is 52.4 Å². The first-order valence-corrected chi connectivity index (χ1v) is 11.8. The van der Waals surface area contributed by atoms with Crippen molar-refractivity contribution < 1.29 is 13.2 Å². The predicted molar refractivity (Wildman–Crippen MR) is 124 cm³/mol. The molecular formula is C20H17ClIN3O3S. The zero-order chi connectivity index (χ0) is 20.6. The fourth-order valence-electron chi connectivity index (χ4n) is 3.17. The lowest BCUT2D eigenvalue weighted by atomic mass is 10.2. The Hall–Kier alpha value is -2.04. The van der Waals surface area contributed by atoms with Crippen LogP contribution in [0.2, 0.25) is 0 Å². The molecule has 1 aliphatic heterocycles. The lowest BCUT2D eigenvalue weighted by Gasteiger charge is -2.31. The van der Waals surface area contributed by atoms with E-state index in [1.807, 2.05) is 30.3 Å². The number of fused-ring (bicyclic) bond motifs is 1. The van der Waals surface area contributed by atoms with E-state index >= 15 is 0 Å². The molecule has 1 aromatic heterocycles. The Bertz CT molecular complexity index is 1160. The fraction of sp³-hybridized carbons (Fsp3) is 0.150. The molecule has 0 N–H and O–H groups in total. The van der Waals surface area contributed by atoms with E-state index in [0.717, 1.165) is 14.8 Å². The van der Waals surface area contributed by atoms with Gasteiger partial charge < -0.3 is 4.74 Å². The number of rotatable bonds is 5. The summed E-state index contributed by atoms with van der Waals surface area (Å²) >= 11 is 8.61. The molecule has 0 aliphatic carbocycles. The van der Waals surface area contributed by atoms with Gasteiger partial charge in [0.25, 0.3) is 0 Å².